The minimum absolute atomic E-state index is 0.326. The van der Waals surface area contributed by atoms with Gasteiger partial charge in [-0.15, -0.1) is 0 Å². The van der Waals surface area contributed by atoms with E-state index in [1.165, 1.54) is 6.42 Å². The second-order valence-corrected chi connectivity index (χ2v) is 4.25. The molecular formula is C11H23NO2. The molecule has 14 heavy (non-hydrogen) atoms. The van der Waals surface area contributed by atoms with Gasteiger partial charge in [0, 0.05) is 13.2 Å². The van der Waals surface area contributed by atoms with Crippen molar-refractivity contribution >= 4 is 0 Å². The molecule has 0 spiro atoms. The molecule has 1 aliphatic rings. The zero-order valence-electron chi connectivity index (χ0n) is 8.99. The molecule has 0 saturated carbocycles. The van der Waals surface area contributed by atoms with Crippen molar-refractivity contribution in [3.63, 3.8) is 0 Å². The maximum atomic E-state index is 8.98. The molecule has 1 saturated heterocycles. The lowest BCUT2D eigenvalue weighted by molar-refractivity contribution is 0.130. The van der Waals surface area contributed by atoms with Gasteiger partial charge in [0.05, 0.1) is 0 Å². The summed E-state index contributed by atoms with van der Waals surface area (Å²) in [6, 6.07) is 0. The number of aliphatic hydroxyl groups excluding tert-OH is 2. The zero-order chi connectivity index (χ0) is 10.2. The molecule has 3 nitrogen and oxygen atoms in total. The van der Waals surface area contributed by atoms with Crippen molar-refractivity contribution in [2.45, 2.75) is 32.1 Å². The highest BCUT2D eigenvalue weighted by atomic mass is 16.3. The average molecular weight is 201 g/mol. The molecule has 0 aliphatic carbocycles. The van der Waals surface area contributed by atoms with Crippen LogP contribution in [0.4, 0.5) is 0 Å². The smallest absolute Gasteiger partial charge is 0.0460 e. The normalized spacial score (nSPS) is 20.1. The summed E-state index contributed by atoms with van der Waals surface area (Å²) in [6.07, 6.45) is 5.57. The molecule has 1 heterocycles. The van der Waals surface area contributed by atoms with E-state index in [2.05, 4.69) is 4.90 Å². The molecule has 0 aromatic heterocycles. The van der Waals surface area contributed by atoms with Gasteiger partial charge in [-0.25, -0.2) is 0 Å². The van der Waals surface area contributed by atoms with Crippen LogP contribution in [0.25, 0.3) is 0 Å². The molecule has 0 aromatic carbocycles. The molecule has 0 radical (unpaired) electrons. The summed E-state index contributed by atoms with van der Waals surface area (Å²) in [4.78, 5) is 2.48. The van der Waals surface area contributed by atoms with Crippen molar-refractivity contribution in [2.75, 3.05) is 32.8 Å². The number of likely N-dealkylation sites (tertiary alicyclic amines) is 1. The zero-order valence-corrected chi connectivity index (χ0v) is 8.99. The van der Waals surface area contributed by atoms with E-state index in [9.17, 15) is 0 Å². The maximum absolute atomic E-state index is 8.98. The van der Waals surface area contributed by atoms with Gasteiger partial charge in [0.15, 0.2) is 0 Å². The predicted molar refractivity (Wildman–Crippen MR) is 57.2 cm³/mol. The third-order valence-electron chi connectivity index (χ3n) is 3.10. The van der Waals surface area contributed by atoms with E-state index in [0.29, 0.717) is 19.1 Å². The monoisotopic (exact) mass is 201 g/mol. The molecule has 0 bridgehead atoms. The van der Waals surface area contributed by atoms with E-state index in [1.54, 1.807) is 0 Å². The van der Waals surface area contributed by atoms with Gasteiger partial charge >= 0.3 is 0 Å². The minimum Gasteiger partial charge on any atom is -0.396 e. The number of aliphatic hydroxyl groups is 2. The molecule has 0 unspecified atom stereocenters. The van der Waals surface area contributed by atoms with Gasteiger partial charge in [-0.2, -0.15) is 0 Å². The molecule has 0 amide bonds. The maximum Gasteiger partial charge on any atom is 0.0460 e. The van der Waals surface area contributed by atoms with Gasteiger partial charge in [-0.3, -0.25) is 0 Å². The Kier molecular flexibility index (Phi) is 6.15. The van der Waals surface area contributed by atoms with E-state index >= 15 is 0 Å². The Labute approximate surface area is 86.7 Å². The number of rotatable bonds is 6. The van der Waals surface area contributed by atoms with Crippen LogP contribution in [0, 0.1) is 5.92 Å². The lowest BCUT2D eigenvalue weighted by Gasteiger charge is -2.30. The van der Waals surface area contributed by atoms with Gasteiger partial charge in [-0.1, -0.05) is 0 Å². The van der Waals surface area contributed by atoms with Crippen molar-refractivity contribution < 1.29 is 10.2 Å². The van der Waals surface area contributed by atoms with Gasteiger partial charge in [-0.05, 0) is 57.7 Å². The number of nitrogens with zero attached hydrogens (tertiary/aromatic N) is 1. The standard InChI is InChI=1S/C11H23NO2/c13-9-3-1-2-6-12-7-4-11(10-14)5-8-12/h11,13-14H,1-10H2. The lowest BCUT2D eigenvalue weighted by atomic mass is 9.98. The van der Waals surface area contributed by atoms with E-state index in [4.69, 9.17) is 10.2 Å². The Morgan fingerprint density at radius 3 is 2.29 bits per heavy atom. The highest BCUT2D eigenvalue weighted by molar-refractivity contribution is 4.71. The van der Waals surface area contributed by atoms with Gasteiger partial charge in [0.1, 0.15) is 0 Å². The van der Waals surface area contributed by atoms with Gasteiger partial charge in [0.25, 0.3) is 0 Å². The second-order valence-electron chi connectivity index (χ2n) is 4.25. The first kappa shape index (κ1) is 12.0. The van der Waals surface area contributed by atoms with Crippen LogP contribution in [-0.4, -0.2) is 48.0 Å². The Morgan fingerprint density at radius 2 is 1.71 bits per heavy atom. The first-order chi connectivity index (χ1) is 6.86. The summed E-state index contributed by atoms with van der Waals surface area (Å²) in [5.41, 5.74) is 0. The molecule has 0 aromatic rings. The van der Waals surface area contributed by atoms with Crippen LogP contribution < -0.4 is 0 Å². The topological polar surface area (TPSA) is 43.7 Å². The highest BCUT2D eigenvalue weighted by Crippen LogP contribution is 2.16. The van der Waals surface area contributed by atoms with E-state index in [-0.39, 0.29) is 0 Å². The molecule has 3 heteroatoms. The molecule has 2 N–H and O–H groups in total. The van der Waals surface area contributed by atoms with Crippen molar-refractivity contribution in [1.82, 2.24) is 4.90 Å². The number of piperidine rings is 1. The quantitative estimate of drug-likeness (QED) is 0.626. The fourth-order valence-corrected chi connectivity index (χ4v) is 2.02. The SMILES string of the molecule is OCCCCCN1CCC(CO)CC1. The predicted octanol–water partition coefficient (Wildman–Crippen LogP) is 0.853. The van der Waals surface area contributed by atoms with Crippen LogP contribution in [-0.2, 0) is 0 Å². The Bertz CT molecular complexity index is 133. The number of hydrogen-bond donors (Lipinski definition) is 2. The third kappa shape index (κ3) is 4.40. The Balaban J connectivity index is 1.98. The van der Waals surface area contributed by atoms with Crippen molar-refractivity contribution in [1.29, 1.82) is 0 Å². The number of hydrogen-bond acceptors (Lipinski definition) is 3. The summed E-state index contributed by atoms with van der Waals surface area (Å²) in [7, 11) is 0. The fraction of sp³-hybridized carbons (Fsp3) is 1.00. The van der Waals surface area contributed by atoms with Gasteiger partial charge in [0.2, 0.25) is 0 Å². The minimum atomic E-state index is 0.326. The van der Waals surface area contributed by atoms with Crippen molar-refractivity contribution in [2.24, 2.45) is 5.92 Å². The van der Waals surface area contributed by atoms with Crippen LogP contribution in [0.2, 0.25) is 0 Å². The van der Waals surface area contributed by atoms with E-state index < -0.39 is 0 Å². The van der Waals surface area contributed by atoms with Gasteiger partial charge < -0.3 is 15.1 Å². The number of unbranched alkanes of at least 4 members (excludes halogenated alkanes) is 2. The second kappa shape index (κ2) is 7.21. The third-order valence-corrected chi connectivity index (χ3v) is 3.10. The fourth-order valence-electron chi connectivity index (χ4n) is 2.02. The first-order valence-corrected chi connectivity index (χ1v) is 5.81. The Hall–Kier alpha value is -0.120. The first-order valence-electron chi connectivity index (χ1n) is 5.81. The average Bonchev–Trinajstić information content (AvgIpc) is 2.25. The summed E-state index contributed by atoms with van der Waals surface area (Å²) in [6.45, 7) is 4.14. The van der Waals surface area contributed by atoms with Crippen LogP contribution in [0.1, 0.15) is 32.1 Å². The van der Waals surface area contributed by atoms with E-state index in [1.807, 2.05) is 0 Å². The Morgan fingerprint density at radius 1 is 1.00 bits per heavy atom. The summed E-state index contributed by atoms with van der Waals surface area (Å²) >= 11 is 0. The summed E-state index contributed by atoms with van der Waals surface area (Å²) in [5, 5.41) is 17.6. The van der Waals surface area contributed by atoms with Crippen LogP contribution >= 0.6 is 0 Å². The highest BCUT2D eigenvalue weighted by Gasteiger charge is 2.17. The molecular weight excluding hydrogens is 178 g/mol. The molecule has 0 atom stereocenters. The summed E-state index contributed by atoms with van der Waals surface area (Å²) < 4.78 is 0. The molecule has 1 aliphatic heterocycles. The van der Waals surface area contributed by atoms with Crippen LogP contribution in [0.15, 0.2) is 0 Å². The molecule has 1 rings (SSSR count). The van der Waals surface area contributed by atoms with Crippen molar-refractivity contribution in [3.8, 4) is 0 Å². The largest absolute Gasteiger partial charge is 0.396 e. The van der Waals surface area contributed by atoms with E-state index in [0.717, 1.165) is 45.3 Å². The van der Waals surface area contributed by atoms with Crippen LogP contribution in [0.5, 0.6) is 0 Å². The van der Waals surface area contributed by atoms with Crippen molar-refractivity contribution in [3.05, 3.63) is 0 Å². The molecule has 1 fully saturated rings. The van der Waals surface area contributed by atoms with Crippen LogP contribution in [0.3, 0.4) is 0 Å². The summed E-state index contributed by atoms with van der Waals surface area (Å²) in [5.74, 6) is 0.545. The lowest BCUT2D eigenvalue weighted by Crippen LogP contribution is -2.35. The molecule has 84 valence electrons.